The number of aromatic nitrogens is 1. The van der Waals surface area contributed by atoms with Gasteiger partial charge < -0.3 is 14.8 Å². The Bertz CT molecular complexity index is 384. The zero-order valence-electron chi connectivity index (χ0n) is 12.1. The summed E-state index contributed by atoms with van der Waals surface area (Å²) in [7, 11) is 1.85. The Labute approximate surface area is 110 Å². The van der Waals surface area contributed by atoms with Crippen LogP contribution in [-0.2, 0) is 11.3 Å². The van der Waals surface area contributed by atoms with Gasteiger partial charge in [0.15, 0.2) is 0 Å². The minimum Gasteiger partial charge on any atom is -0.345 e. The van der Waals surface area contributed by atoms with E-state index >= 15 is 0 Å². The summed E-state index contributed by atoms with van der Waals surface area (Å²) in [5, 5.41) is 3.36. The molecule has 0 aromatic carbocycles. The van der Waals surface area contributed by atoms with E-state index in [0.29, 0.717) is 12.6 Å². The third-order valence-electron chi connectivity index (χ3n) is 3.27. The molecule has 1 heterocycles. The third-order valence-corrected chi connectivity index (χ3v) is 3.27. The first-order valence-corrected chi connectivity index (χ1v) is 6.60. The van der Waals surface area contributed by atoms with Crippen LogP contribution in [0.1, 0.15) is 39.3 Å². The van der Waals surface area contributed by atoms with Crippen molar-refractivity contribution in [3.63, 3.8) is 0 Å². The first kappa shape index (κ1) is 14.8. The van der Waals surface area contributed by atoms with Crippen LogP contribution in [0.15, 0.2) is 18.5 Å². The molecule has 4 nitrogen and oxygen atoms in total. The van der Waals surface area contributed by atoms with Crippen molar-refractivity contribution in [2.24, 2.45) is 0 Å². The second-order valence-electron chi connectivity index (χ2n) is 4.99. The first-order chi connectivity index (χ1) is 8.45. The van der Waals surface area contributed by atoms with E-state index in [9.17, 15) is 4.79 Å². The van der Waals surface area contributed by atoms with Crippen molar-refractivity contribution in [2.45, 2.75) is 46.3 Å². The maximum absolute atomic E-state index is 11.9. The van der Waals surface area contributed by atoms with Gasteiger partial charge >= 0.3 is 0 Å². The van der Waals surface area contributed by atoms with E-state index in [2.05, 4.69) is 25.2 Å². The van der Waals surface area contributed by atoms with Crippen LogP contribution < -0.4 is 5.32 Å². The number of nitrogens with zero attached hydrogens (tertiary/aromatic N) is 2. The van der Waals surface area contributed by atoms with Crippen molar-refractivity contribution >= 4 is 5.91 Å². The molecule has 1 N–H and O–H groups in total. The Balaban J connectivity index is 2.61. The van der Waals surface area contributed by atoms with E-state index in [1.165, 1.54) is 5.56 Å². The molecule has 0 aliphatic heterocycles. The number of carbonyl (C=O) groups excluding carboxylic acids is 1. The zero-order chi connectivity index (χ0) is 13.7. The van der Waals surface area contributed by atoms with Crippen molar-refractivity contribution in [3.8, 4) is 0 Å². The summed E-state index contributed by atoms with van der Waals surface area (Å²) in [6.07, 6.45) is 4.01. The number of hydrogen-bond donors (Lipinski definition) is 1. The van der Waals surface area contributed by atoms with Crippen LogP contribution in [0.4, 0.5) is 0 Å². The summed E-state index contributed by atoms with van der Waals surface area (Å²) in [5.74, 6) is 0.142. The molecule has 1 aromatic rings. The number of hydrogen-bond acceptors (Lipinski definition) is 2. The van der Waals surface area contributed by atoms with Crippen LogP contribution in [0.3, 0.4) is 0 Å². The summed E-state index contributed by atoms with van der Waals surface area (Å²) in [6.45, 7) is 9.62. The maximum atomic E-state index is 11.9. The third kappa shape index (κ3) is 3.88. The summed E-state index contributed by atoms with van der Waals surface area (Å²) in [6, 6.07) is 2.64. The molecule has 1 atom stereocenters. The highest BCUT2D eigenvalue weighted by Gasteiger charge is 2.13. The lowest BCUT2D eigenvalue weighted by molar-refractivity contribution is -0.131. The monoisotopic (exact) mass is 251 g/mol. The molecule has 0 saturated carbocycles. The lowest BCUT2D eigenvalue weighted by Crippen LogP contribution is -2.35. The molecular formula is C14H25N3O. The number of carbonyl (C=O) groups is 1. The van der Waals surface area contributed by atoms with Gasteiger partial charge in [-0.05, 0) is 38.9 Å². The fraction of sp³-hybridized carbons (Fsp3) is 0.643. The highest BCUT2D eigenvalue weighted by molar-refractivity contribution is 5.76. The van der Waals surface area contributed by atoms with Gasteiger partial charge in [-0.25, -0.2) is 0 Å². The largest absolute Gasteiger partial charge is 0.345 e. The molecule has 0 aliphatic rings. The Morgan fingerprint density at radius 2 is 2.11 bits per heavy atom. The fourth-order valence-electron chi connectivity index (χ4n) is 1.79. The molecule has 0 fully saturated rings. The molecule has 4 heteroatoms. The van der Waals surface area contributed by atoms with E-state index in [4.69, 9.17) is 0 Å². The van der Waals surface area contributed by atoms with Crippen LogP contribution in [0.5, 0.6) is 0 Å². The number of rotatable bonds is 6. The summed E-state index contributed by atoms with van der Waals surface area (Å²) in [4.78, 5) is 13.7. The van der Waals surface area contributed by atoms with Gasteiger partial charge in [0, 0.05) is 31.5 Å². The van der Waals surface area contributed by atoms with Crippen molar-refractivity contribution in [1.29, 1.82) is 0 Å². The van der Waals surface area contributed by atoms with E-state index in [1.54, 1.807) is 4.90 Å². The van der Waals surface area contributed by atoms with Crippen molar-refractivity contribution < 1.29 is 4.79 Å². The molecule has 18 heavy (non-hydrogen) atoms. The predicted molar refractivity (Wildman–Crippen MR) is 74.4 cm³/mol. The predicted octanol–water partition coefficient (Wildman–Crippen LogP) is 2.03. The Kier molecular flexibility index (Phi) is 5.41. The minimum atomic E-state index is 0.142. The van der Waals surface area contributed by atoms with Crippen molar-refractivity contribution in [3.05, 3.63) is 24.0 Å². The molecule has 102 valence electrons. The van der Waals surface area contributed by atoms with Gasteiger partial charge in [-0.3, -0.25) is 4.79 Å². The van der Waals surface area contributed by atoms with Crippen LogP contribution in [-0.4, -0.2) is 35.0 Å². The molecule has 0 radical (unpaired) electrons. The van der Waals surface area contributed by atoms with Gasteiger partial charge in [-0.15, -0.1) is 0 Å². The Morgan fingerprint density at radius 3 is 2.67 bits per heavy atom. The number of nitrogens with one attached hydrogen (secondary N) is 1. The average molecular weight is 251 g/mol. The fourth-order valence-corrected chi connectivity index (χ4v) is 1.79. The van der Waals surface area contributed by atoms with Gasteiger partial charge in [0.2, 0.25) is 5.91 Å². The SMILES string of the molecule is CCNC(C)c1ccn(CC(=O)N(C)C(C)C)c1. The van der Waals surface area contributed by atoms with Gasteiger partial charge in [-0.2, -0.15) is 0 Å². The van der Waals surface area contributed by atoms with E-state index < -0.39 is 0 Å². The van der Waals surface area contributed by atoms with E-state index in [0.717, 1.165) is 6.54 Å². The lowest BCUT2D eigenvalue weighted by atomic mass is 10.2. The quantitative estimate of drug-likeness (QED) is 0.840. The molecular weight excluding hydrogens is 226 g/mol. The summed E-state index contributed by atoms with van der Waals surface area (Å²) in [5.41, 5.74) is 1.22. The highest BCUT2D eigenvalue weighted by atomic mass is 16.2. The maximum Gasteiger partial charge on any atom is 0.242 e. The second-order valence-corrected chi connectivity index (χ2v) is 4.99. The van der Waals surface area contributed by atoms with Gasteiger partial charge in [-0.1, -0.05) is 6.92 Å². The number of likely N-dealkylation sites (N-methyl/N-ethyl adjacent to an activating group) is 1. The standard InChI is InChI=1S/C14H25N3O/c1-6-15-12(4)13-7-8-17(9-13)10-14(18)16(5)11(2)3/h7-9,11-12,15H,6,10H2,1-5H3. The molecule has 0 bridgehead atoms. The smallest absolute Gasteiger partial charge is 0.242 e. The Hall–Kier alpha value is -1.29. The molecule has 1 aromatic heterocycles. The van der Waals surface area contributed by atoms with Crippen LogP contribution in [0.2, 0.25) is 0 Å². The van der Waals surface area contributed by atoms with Gasteiger partial charge in [0.05, 0.1) is 0 Å². The average Bonchev–Trinajstić information content (AvgIpc) is 2.76. The topological polar surface area (TPSA) is 37.3 Å². The van der Waals surface area contributed by atoms with Gasteiger partial charge in [0.25, 0.3) is 0 Å². The summed E-state index contributed by atoms with van der Waals surface area (Å²) < 4.78 is 1.95. The van der Waals surface area contributed by atoms with Crippen molar-refractivity contribution in [1.82, 2.24) is 14.8 Å². The summed E-state index contributed by atoms with van der Waals surface area (Å²) >= 11 is 0. The molecule has 1 unspecified atom stereocenters. The van der Waals surface area contributed by atoms with E-state index in [-0.39, 0.29) is 11.9 Å². The highest BCUT2D eigenvalue weighted by Crippen LogP contribution is 2.12. The van der Waals surface area contributed by atoms with Crippen LogP contribution in [0.25, 0.3) is 0 Å². The Morgan fingerprint density at radius 1 is 1.44 bits per heavy atom. The van der Waals surface area contributed by atoms with E-state index in [1.807, 2.05) is 37.9 Å². The van der Waals surface area contributed by atoms with Crippen molar-refractivity contribution in [2.75, 3.05) is 13.6 Å². The molecule has 0 saturated heterocycles. The second kappa shape index (κ2) is 6.59. The number of amides is 1. The zero-order valence-corrected chi connectivity index (χ0v) is 12.1. The van der Waals surface area contributed by atoms with Gasteiger partial charge in [0.1, 0.15) is 6.54 Å². The molecule has 1 rings (SSSR count). The lowest BCUT2D eigenvalue weighted by Gasteiger charge is -2.21. The molecule has 0 spiro atoms. The molecule has 1 amide bonds. The first-order valence-electron chi connectivity index (χ1n) is 6.60. The molecule has 0 aliphatic carbocycles. The van der Waals surface area contributed by atoms with Crippen LogP contribution >= 0.6 is 0 Å². The minimum absolute atomic E-state index is 0.142. The van der Waals surface area contributed by atoms with Crippen LogP contribution in [0, 0.1) is 0 Å². The normalized spacial score (nSPS) is 12.8.